The van der Waals surface area contributed by atoms with Gasteiger partial charge in [0.15, 0.2) is 11.4 Å². The van der Waals surface area contributed by atoms with Gasteiger partial charge in [0.25, 0.3) is 5.91 Å². The van der Waals surface area contributed by atoms with Gasteiger partial charge in [-0.05, 0) is 64.9 Å². The van der Waals surface area contributed by atoms with Crippen LogP contribution in [0.25, 0.3) is 22.3 Å². The smallest absolute Gasteiger partial charge is 0.252 e. The number of hydrogen-bond donors (Lipinski definition) is 1. The van der Waals surface area contributed by atoms with Crippen molar-refractivity contribution in [2.45, 2.75) is 53.0 Å². The number of rotatable bonds is 8. The summed E-state index contributed by atoms with van der Waals surface area (Å²) in [6, 6.07) is 5.93. The van der Waals surface area contributed by atoms with E-state index in [-0.39, 0.29) is 24.3 Å². The number of nitrogens with one attached hydrogen (secondary N) is 1. The highest BCUT2D eigenvalue weighted by molar-refractivity contribution is 6.09. The molecule has 5 rings (SSSR count). The second-order valence-electron chi connectivity index (χ2n) is 11.2. The Balaban J connectivity index is 1.45. The second kappa shape index (κ2) is 11.7. The number of ketones is 1. The molecule has 1 aliphatic carbocycles. The molecule has 1 N–H and O–H groups in total. The predicted octanol–water partition coefficient (Wildman–Crippen LogP) is 4.57. The molecule has 3 aromatic heterocycles. The summed E-state index contributed by atoms with van der Waals surface area (Å²) in [6.45, 7) is 12.3. The van der Waals surface area contributed by atoms with Crippen LogP contribution < -0.4 is 10.2 Å². The fourth-order valence-corrected chi connectivity index (χ4v) is 5.49. The molecule has 4 heterocycles. The van der Waals surface area contributed by atoms with E-state index in [0.717, 1.165) is 68.0 Å². The Bertz CT molecular complexity index is 1480. The molecule has 9 nitrogen and oxygen atoms in total. The van der Waals surface area contributed by atoms with Crippen molar-refractivity contribution in [2.75, 3.05) is 44.7 Å². The summed E-state index contributed by atoms with van der Waals surface area (Å²) in [5.41, 5.74) is 5.52. The molecule has 1 fully saturated rings. The molecule has 0 saturated carbocycles. The summed E-state index contributed by atoms with van der Waals surface area (Å²) in [4.78, 5) is 40.7. The first-order valence-corrected chi connectivity index (χ1v) is 14.2. The van der Waals surface area contributed by atoms with Crippen molar-refractivity contribution in [2.24, 2.45) is 0 Å². The van der Waals surface area contributed by atoms with E-state index in [4.69, 9.17) is 9.97 Å². The fraction of sp³-hybridized carbons (Fsp3) is 0.452. The van der Waals surface area contributed by atoms with Gasteiger partial charge in [-0.3, -0.25) is 9.59 Å². The lowest BCUT2D eigenvalue weighted by Gasteiger charge is -2.33. The van der Waals surface area contributed by atoms with Gasteiger partial charge in [0, 0.05) is 56.1 Å². The Morgan fingerprint density at radius 2 is 1.90 bits per heavy atom. The largest absolute Gasteiger partial charge is 0.354 e. The molecule has 1 aliphatic heterocycles. The molecule has 0 unspecified atom stereocenters. The molecular weight excluding hydrogens is 502 g/mol. The van der Waals surface area contributed by atoms with Crippen molar-refractivity contribution >= 4 is 28.5 Å². The number of piperazine rings is 1. The normalized spacial score (nSPS) is 16.7. The molecule has 0 bridgehead atoms. The van der Waals surface area contributed by atoms with Crippen molar-refractivity contribution in [1.29, 1.82) is 0 Å². The summed E-state index contributed by atoms with van der Waals surface area (Å²) in [6.07, 6.45) is 7.82. The van der Waals surface area contributed by atoms with Gasteiger partial charge in [-0.1, -0.05) is 24.5 Å². The topological polar surface area (TPSA) is 96.2 Å². The van der Waals surface area contributed by atoms with Crippen LogP contribution in [0.1, 0.15) is 63.4 Å². The van der Waals surface area contributed by atoms with E-state index in [1.54, 1.807) is 12.3 Å². The minimum Gasteiger partial charge on any atom is -0.354 e. The minimum atomic E-state index is -0.249. The number of likely N-dealkylation sites (N-methyl/N-ethyl adjacent to an activating group) is 1. The van der Waals surface area contributed by atoms with Crippen LogP contribution in [-0.2, 0) is 4.79 Å². The molecule has 0 radical (unpaired) electrons. The first-order valence-electron chi connectivity index (χ1n) is 14.2. The molecule has 0 spiro atoms. The number of aromatic nitrogens is 4. The summed E-state index contributed by atoms with van der Waals surface area (Å²) < 4.78 is 1.84. The Hall–Kier alpha value is -3.85. The number of amides is 1. The monoisotopic (exact) mass is 541 g/mol. The Kier molecular flexibility index (Phi) is 8.12. The van der Waals surface area contributed by atoms with Crippen LogP contribution in [0.4, 0.5) is 5.82 Å². The number of nitrogens with zero attached hydrogens (tertiary/aromatic N) is 6. The highest BCUT2D eigenvalue weighted by atomic mass is 16.2. The van der Waals surface area contributed by atoms with Gasteiger partial charge in [-0.2, -0.15) is 5.10 Å². The average Bonchev–Trinajstić information content (AvgIpc) is 3.37. The number of hydrogen-bond acceptors (Lipinski definition) is 7. The SMILES string of the molecule is CCCC1=C(CNC(=O)c2cc(-c3ccc(N4CCN(C)CC4)nc3)nc3c2cnn3C(C)C)C(=O)C=C(C)C1. The fourth-order valence-electron chi connectivity index (χ4n) is 5.49. The van der Waals surface area contributed by atoms with Crippen molar-refractivity contribution < 1.29 is 9.59 Å². The van der Waals surface area contributed by atoms with E-state index < -0.39 is 0 Å². The van der Waals surface area contributed by atoms with Gasteiger partial charge in [0.2, 0.25) is 0 Å². The number of carbonyl (C=O) groups excluding carboxylic acids is 2. The second-order valence-corrected chi connectivity index (χ2v) is 11.2. The van der Waals surface area contributed by atoms with E-state index in [1.807, 2.05) is 49.8 Å². The summed E-state index contributed by atoms with van der Waals surface area (Å²) >= 11 is 0. The van der Waals surface area contributed by atoms with Crippen LogP contribution in [-0.4, -0.2) is 76.1 Å². The van der Waals surface area contributed by atoms with E-state index in [1.165, 1.54) is 0 Å². The molecule has 9 heteroatoms. The van der Waals surface area contributed by atoms with Crippen LogP contribution in [0, 0.1) is 0 Å². The number of allylic oxidation sites excluding steroid dienone is 3. The lowest BCUT2D eigenvalue weighted by molar-refractivity contribution is -0.111. The van der Waals surface area contributed by atoms with Crippen molar-refractivity contribution in [1.82, 2.24) is 30.0 Å². The Labute approximate surface area is 236 Å². The minimum absolute atomic E-state index is 0.00722. The third-order valence-electron chi connectivity index (χ3n) is 7.74. The molecule has 1 amide bonds. The molecule has 0 aromatic carbocycles. The average molecular weight is 542 g/mol. The van der Waals surface area contributed by atoms with Crippen LogP contribution in [0.3, 0.4) is 0 Å². The Morgan fingerprint density at radius 1 is 1.12 bits per heavy atom. The van der Waals surface area contributed by atoms with Gasteiger partial charge in [-0.15, -0.1) is 0 Å². The molecule has 40 heavy (non-hydrogen) atoms. The van der Waals surface area contributed by atoms with Crippen LogP contribution in [0.2, 0.25) is 0 Å². The van der Waals surface area contributed by atoms with Crippen LogP contribution in [0.5, 0.6) is 0 Å². The maximum absolute atomic E-state index is 13.6. The molecule has 3 aromatic rings. The van der Waals surface area contributed by atoms with Gasteiger partial charge >= 0.3 is 0 Å². The zero-order chi connectivity index (χ0) is 28.4. The van der Waals surface area contributed by atoms with E-state index in [0.29, 0.717) is 27.9 Å². The standard InChI is InChI=1S/C31H39N7O2/c1-6-7-22-14-21(4)15-28(39)25(22)18-33-31(40)24-16-27(35-30-26(24)19-34-38(30)20(2)3)23-8-9-29(32-17-23)37-12-10-36(5)11-13-37/h8-9,15-17,19-20H,6-7,10-14,18H2,1-5H3,(H,33,40). The quantitative estimate of drug-likeness (QED) is 0.446. The molecule has 210 valence electrons. The number of anilines is 1. The maximum Gasteiger partial charge on any atom is 0.252 e. The van der Waals surface area contributed by atoms with E-state index >= 15 is 0 Å². The summed E-state index contributed by atoms with van der Waals surface area (Å²) in [7, 11) is 2.14. The summed E-state index contributed by atoms with van der Waals surface area (Å²) in [5.74, 6) is 0.689. The lowest BCUT2D eigenvalue weighted by Crippen LogP contribution is -2.44. The lowest BCUT2D eigenvalue weighted by atomic mass is 9.88. The molecule has 1 saturated heterocycles. The predicted molar refractivity (Wildman–Crippen MR) is 159 cm³/mol. The Morgan fingerprint density at radius 3 is 2.58 bits per heavy atom. The van der Waals surface area contributed by atoms with Crippen molar-refractivity contribution in [3.63, 3.8) is 0 Å². The van der Waals surface area contributed by atoms with E-state index in [2.05, 4.69) is 34.2 Å². The van der Waals surface area contributed by atoms with Crippen molar-refractivity contribution in [3.8, 4) is 11.3 Å². The first-order chi connectivity index (χ1) is 19.2. The van der Waals surface area contributed by atoms with Crippen LogP contribution >= 0.6 is 0 Å². The number of fused-ring (bicyclic) bond motifs is 1. The van der Waals surface area contributed by atoms with Crippen LogP contribution in [0.15, 0.2) is 53.4 Å². The number of carbonyl (C=O) groups is 2. The van der Waals surface area contributed by atoms with Gasteiger partial charge < -0.3 is 15.1 Å². The summed E-state index contributed by atoms with van der Waals surface area (Å²) in [5, 5.41) is 8.25. The third kappa shape index (κ3) is 5.70. The molecule has 2 aliphatic rings. The molecular formula is C31H39N7O2. The van der Waals surface area contributed by atoms with Gasteiger partial charge in [-0.25, -0.2) is 14.6 Å². The van der Waals surface area contributed by atoms with Gasteiger partial charge in [0.05, 0.1) is 22.8 Å². The van der Waals surface area contributed by atoms with Gasteiger partial charge in [0.1, 0.15) is 5.82 Å². The molecule has 0 atom stereocenters. The maximum atomic E-state index is 13.6. The first kappa shape index (κ1) is 27.7. The zero-order valence-corrected chi connectivity index (χ0v) is 24.2. The zero-order valence-electron chi connectivity index (χ0n) is 24.2. The third-order valence-corrected chi connectivity index (χ3v) is 7.74. The number of pyridine rings is 2. The van der Waals surface area contributed by atoms with E-state index in [9.17, 15) is 9.59 Å². The van der Waals surface area contributed by atoms with Crippen molar-refractivity contribution in [3.05, 3.63) is 59.0 Å². The highest BCUT2D eigenvalue weighted by Gasteiger charge is 2.23. The highest BCUT2D eigenvalue weighted by Crippen LogP contribution is 2.28.